The molecule has 3 fully saturated rings. The van der Waals surface area contributed by atoms with Crippen LogP contribution in [0.1, 0.15) is 92.7 Å². The lowest BCUT2D eigenvalue weighted by Crippen LogP contribution is -2.61. The minimum atomic E-state index is 0.284. The van der Waals surface area contributed by atoms with E-state index in [0.29, 0.717) is 53.5 Å². The second-order valence-electron chi connectivity index (χ2n) is 12.6. The number of carbonyl (C=O) groups excluding carboxylic acids is 1. The number of piperazine rings is 1. The van der Waals surface area contributed by atoms with Crippen molar-refractivity contribution in [3.63, 3.8) is 0 Å². The number of nitrogens with two attached hydrogens (primary N) is 2. The molecule has 2 aromatic rings. The van der Waals surface area contributed by atoms with E-state index in [-0.39, 0.29) is 5.89 Å². The normalized spacial score (nSPS) is 20.3. The number of likely N-dealkylation sites (tertiary alicyclic amines) is 1. The summed E-state index contributed by atoms with van der Waals surface area (Å²) in [6, 6.07) is 1.86. The van der Waals surface area contributed by atoms with Gasteiger partial charge in [-0.3, -0.25) is 9.69 Å². The van der Waals surface area contributed by atoms with Gasteiger partial charge in [-0.05, 0) is 80.1 Å². The summed E-state index contributed by atoms with van der Waals surface area (Å²) in [4.78, 5) is 27.4. The number of aldehydes is 1. The molecule has 268 valence electrons. The van der Waals surface area contributed by atoms with Crippen LogP contribution in [0.4, 0.5) is 17.7 Å². The van der Waals surface area contributed by atoms with Gasteiger partial charge in [0.1, 0.15) is 0 Å². The Bertz CT molecular complexity index is 1340. The summed E-state index contributed by atoms with van der Waals surface area (Å²) >= 11 is 0. The van der Waals surface area contributed by atoms with Crippen LogP contribution in [0.15, 0.2) is 40.0 Å². The van der Waals surface area contributed by atoms with E-state index in [1.807, 2.05) is 34.6 Å². The number of rotatable bonds is 9. The molecule has 3 aliphatic rings. The SMILES string of the molecule is C1CC1.C=C(C)/C=C\C(C=O)=C(/C)N.CC.CCNc1nnc(-c2nc(C)c(N3CC(CC)N(C4CCN(C)CC4)C[C@H]3C)nc2N)o1. The molecule has 1 unspecified atom stereocenters. The maximum atomic E-state index is 10.3. The summed E-state index contributed by atoms with van der Waals surface area (Å²) in [5, 5.41) is 11.1. The summed E-state index contributed by atoms with van der Waals surface area (Å²) in [6.07, 6.45) is 12.3. The molecule has 1 saturated carbocycles. The van der Waals surface area contributed by atoms with E-state index in [0.717, 1.165) is 42.9 Å². The minimum absolute atomic E-state index is 0.284. The van der Waals surface area contributed by atoms with E-state index in [2.05, 4.69) is 57.7 Å². The van der Waals surface area contributed by atoms with Gasteiger partial charge >= 0.3 is 6.01 Å². The number of hydrogen-bond acceptors (Lipinski definition) is 12. The van der Waals surface area contributed by atoms with Crippen molar-refractivity contribution in [2.75, 3.05) is 55.7 Å². The molecule has 0 radical (unpaired) electrons. The van der Waals surface area contributed by atoms with Gasteiger partial charge in [0.05, 0.1) is 5.69 Å². The van der Waals surface area contributed by atoms with Crippen LogP contribution in [-0.4, -0.2) is 94.1 Å². The van der Waals surface area contributed by atoms with E-state index in [1.165, 1.54) is 45.2 Å². The fourth-order valence-corrected chi connectivity index (χ4v) is 5.49. The molecule has 0 amide bonds. The molecule has 12 nitrogen and oxygen atoms in total. The molecule has 2 aromatic heterocycles. The molecule has 0 spiro atoms. The molecular weight excluding hydrogens is 604 g/mol. The second kappa shape index (κ2) is 20.6. The minimum Gasteiger partial charge on any atom is -0.402 e. The van der Waals surface area contributed by atoms with Crippen molar-refractivity contribution >= 4 is 23.9 Å². The van der Waals surface area contributed by atoms with Crippen LogP contribution in [0.2, 0.25) is 0 Å². The van der Waals surface area contributed by atoms with Gasteiger partial charge < -0.3 is 31.0 Å². The van der Waals surface area contributed by atoms with Gasteiger partial charge in [0.2, 0.25) is 0 Å². The maximum absolute atomic E-state index is 10.3. The highest BCUT2D eigenvalue weighted by molar-refractivity contribution is 5.78. The Hall–Kier alpha value is -3.77. The number of nitrogens with zero attached hydrogens (tertiary/aromatic N) is 7. The van der Waals surface area contributed by atoms with Crippen molar-refractivity contribution < 1.29 is 9.21 Å². The molecule has 5 rings (SSSR count). The maximum Gasteiger partial charge on any atom is 0.315 e. The predicted octanol–water partition coefficient (Wildman–Crippen LogP) is 5.98. The van der Waals surface area contributed by atoms with Crippen LogP contribution in [0.5, 0.6) is 0 Å². The van der Waals surface area contributed by atoms with Crippen LogP contribution >= 0.6 is 0 Å². The highest BCUT2D eigenvalue weighted by atomic mass is 16.4. The lowest BCUT2D eigenvalue weighted by atomic mass is 9.96. The van der Waals surface area contributed by atoms with Crippen LogP contribution in [-0.2, 0) is 4.79 Å². The Labute approximate surface area is 289 Å². The van der Waals surface area contributed by atoms with Gasteiger partial charge in [0.15, 0.2) is 23.6 Å². The van der Waals surface area contributed by atoms with Crippen molar-refractivity contribution in [2.24, 2.45) is 5.73 Å². The van der Waals surface area contributed by atoms with Crippen LogP contribution in [0.25, 0.3) is 11.6 Å². The first kappa shape index (κ1) is 40.4. The monoisotopic (exact) mass is 667 g/mol. The van der Waals surface area contributed by atoms with Crippen molar-refractivity contribution in [3.8, 4) is 11.6 Å². The van der Waals surface area contributed by atoms with Crippen molar-refractivity contribution in [3.05, 3.63) is 41.3 Å². The average Bonchev–Trinajstić information content (AvgIpc) is 3.89. The Balaban J connectivity index is 0.000000416. The zero-order chi connectivity index (χ0) is 35.8. The first-order chi connectivity index (χ1) is 23.0. The molecule has 0 bridgehead atoms. The lowest BCUT2D eigenvalue weighted by Gasteiger charge is -2.50. The fourth-order valence-electron chi connectivity index (χ4n) is 5.49. The van der Waals surface area contributed by atoms with Crippen molar-refractivity contribution in [1.29, 1.82) is 0 Å². The van der Waals surface area contributed by atoms with E-state index in [1.54, 1.807) is 19.1 Å². The molecular formula is C36H62N10O2. The fraction of sp³-hybridized carbons (Fsp3) is 0.639. The third-order valence-electron chi connectivity index (χ3n) is 8.29. The van der Waals surface area contributed by atoms with Crippen LogP contribution in [0, 0.1) is 6.92 Å². The smallest absolute Gasteiger partial charge is 0.315 e. The standard InChI is InChI=1S/C22H37N9O.C9H13NO.C3H6.C2H6/c1-6-16-13-30(14(3)12-31(16)17-8-10-29(5)11-9-17)20-15(4)25-18(19(23)26-20)21-27-28-22(32-21)24-7-2;1-7(2)4-5-9(6-11)8(3)10;1-2-3-1;1-2/h14,16-17H,6-13H2,1-5H3,(H2,23,26)(H,24,28);4-6H,1,10H2,2-3H3;1-3H2;1-2H3/b;5-4-,9-8-;;/t14-,16?;;;/m1.../s1. The summed E-state index contributed by atoms with van der Waals surface area (Å²) < 4.78 is 5.64. The lowest BCUT2D eigenvalue weighted by molar-refractivity contribution is -0.104. The molecule has 1 aliphatic carbocycles. The number of piperidine rings is 1. The number of anilines is 3. The highest BCUT2D eigenvalue weighted by Gasteiger charge is 2.37. The number of aromatic nitrogens is 4. The Kier molecular flexibility index (Phi) is 17.3. The van der Waals surface area contributed by atoms with Gasteiger partial charge in [0.25, 0.3) is 5.89 Å². The third-order valence-corrected chi connectivity index (χ3v) is 8.29. The van der Waals surface area contributed by atoms with Gasteiger partial charge in [-0.1, -0.05) is 63.4 Å². The summed E-state index contributed by atoms with van der Waals surface area (Å²) in [5.74, 6) is 1.45. The molecule has 0 aromatic carbocycles. The average molecular weight is 667 g/mol. The number of aryl methyl sites for hydroxylation is 1. The summed E-state index contributed by atoms with van der Waals surface area (Å²) in [7, 11) is 2.22. The van der Waals surface area contributed by atoms with Crippen LogP contribution in [0.3, 0.4) is 0 Å². The number of hydrogen-bond donors (Lipinski definition) is 3. The Morgan fingerprint density at radius 3 is 2.23 bits per heavy atom. The largest absolute Gasteiger partial charge is 0.402 e. The van der Waals surface area contributed by atoms with Gasteiger partial charge in [-0.15, -0.1) is 5.10 Å². The third kappa shape index (κ3) is 12.4. The molecule has 48 heavy (non-hydrogen) atoms. The summed E-state index contributed by atoms with van der Waals surface area (Å²) in [6.45, 7) is 24.7. The number of allylic oxidation sites excluding steroid dienone is 5. The predicted molar refractivity (Wildman–Crippen MR) is 199 cm³/mol. The topological polar surface area (TPSA) is 156 Å². The number of carbonyl (C=O) groups is 1. The van der Waals surface area contributed by atoms with E-state index in [9.17, 15) is 4.79 Å². The van der Waals surface area contributed by atoms with E-state index < -0.39 is 0 Å². The molecule has 2 atom stereocenters. The molecule has 5 N–H and O–H groups in total. The molecule has 2 aliphatic heterocycles. The van der Waals surface area contributed by atoms with Gasteiger partial charge in [0, 0.05) is 49.0 Å². The zero-order valence-electron chi connectivity index (χ0n) is 31.1. The van der Waals surface area contributed by atoms with Crippen molar-refractivity contribution in [1.82, 2.24) is 30.0 Å². The quantitative estimate of drug-likeness (QED) is 0.164. The van der Waals surface area contributed by atoms with Gasteiger partial charge in [-0.2, -0.15) is 0 Å². The second-order valence-corrected chi connectivity index (χ2v) is 12.6. The number of nitrogen functional groups attached to an aromatic ring is 1. The van der Waals surface area contributed by atoms with Crippen molar-refractivity contribution in [2.45, 2.75) is 112 Å². The molecule has 4 heterocycles. The zero-order valence-corrected chi connectivity index (χ0v) is 31.1. The number of nitrogens with one attached hydrogen (secondary N) is 1. The first-order valence-electron chi connectivity index (χ1n) is 17.7. The highest BCUT2D eigenvalue weighted by Crippen LogP contribution is 2.32. The summed E-state index contributed by atoms with van der Waals surface area (Å²) in [5.41, 5.74) is 14.9. The molecule has 12 heteroatoms. The first-order valence-corrected chi connectivity index (χ1v) is 17.7. The Morgan fingerprint density at radius 2 is 1.71 bits per heavy atom. The molecule has 2 saturated heterocycles. The Morgan fingerprint density at radius 1 is 1.06 bits per heavy atom. The van der Waals surface area contributed by atoms with Gasteiger partial charge in [-0.25, -0.2) is 9.97 Å². The van der Waals surface area contributed by atoms with Crippen LogP contribution < -0.4 is 21.7 Å². The van der Waals surface area contributed by atoms with E-state index >= 15 is 0 Å². The van der Waals surface area contributed by atoms with E-state index in [4.69, 9.17) is 25.9 Å².